The number of rotatable bonds is 5. The highest BCUT2D eigenvalue weighted by molar-refractivity contribution is 5.86. The fraction of sp³-hybridized carbons (Fsp3) is 0.571. The first-order valence-corrected chi connectivity index (χ1v) is 9.97. The van der Waals surface area contributed by atoms with Crippen LogP contribution < -0.4 is 5.32 Å². The van der Waals surface area contributed by atoms with Gasteiger partial charge in [0.15, 0.2) is 0 Å². The standard InChI is InChI=1S/C21H30N4O3/c1-6-14-7-8-15-16(10-14)23-19(22-15)17-9-13(4)11-25(17)20(26)18(12(2)3)24-21(27)28-5/h7-8,10,12-13,17-18H,6,9,11H2,1-5H3,(H,22,23)(H,24,27). The Labute approximate surface area is 165 Å². The predicted molar refractivity (Wildman–Crippen MR) is 108 cm³/mol. The molecular formula is C21H30N4O3. The van der Waals surface area contributed by atoms with Crippen LogP contribution in [-0.2, 0) is 16.0 Å². The van der Waals surface area contributed by atoms with Crippen LogP contribution in [0.25, 0.3) is 11.0 Å². The van der Waals surface area contributed by atoms with Crippen molar-refractivity contribution < 1.29 is 14.3 Å². The molecule has 0 radical (unpaired) electrons. The number of likely N-dealkylation sites (tertiary alicyclic amines) is 1. The first-order chi connectivity index (χ1) is 13.3. The molecule has 1 saturated heterocycles. The number of benzene rings is 1. The SMILES string of the molecule is CCc1ccc2nc(C3CC(C)CN3C(=O)C(NC(=O)OC)C(C)C)[nH]c2c1. The Bertz CT molecular complexity index is 860. The number of nitrogens with one attached hydrogen (secondary N) is 2. The number of nitrogens with zero attached hydrogens (tertiary/aromatic N) is 2. The smallest absolute Gasteiger partial charge is 0.407 e. The number of alkyl carbamates (subject to hydrolysis) is 1. The maximum Gasteiger partial charge on any atom is 0.407 e. The van der Waals surface area contributed by atoms with Gasteiger partial charge in [-0.15, -0.1) is 0 Å². The van der Waals surface area contributed by atoms with Crippen LogP contribution in [0.5, 0.6) is 0 Å². The Hall–Kier alpha value is -2.57. The van der Waals surface area contributed by atoms with Crippen LogP contribution in [0, 0.1) is 11.8 Å². The van der Waals surface area contributed by atoms with E-state index < -0.39 is 12.1 Å². The molecule has 2 aromatic rings. The summed E-state index contributed by atoms with van der Waals surface area (Å²) in [5.74, 6) is 1.02. The van der Waals surface area contributed by atoms with Crippen molar-refractivity contribution in [2.24, 2.45) is 11.8 Å². The molecule has 7 nitrogen and oxygen atoms in total. The minimum absolute atomic E-state index is 0.0501. The number of amides is 2. The minimum Gasteiger partial charge on any atom is -0.453 e. The van der Waals surface area contributed by atoms with Crippen molar-refractivity contribution in [1.29, 1.82) is 0 Å². The third-order valence-electron chi connectivity index (χ3n) is 5.47. The third-order valence-corrected chi connectivity index (χ3v) is 5.47. The van der Waals surface area contributed by atoms with Crippen LogP contribution in [0.2, 0.25) is 0 Å². The molecule has 0 aliphatic carbocycles. The normalized spacial score (nSPS) is 20.6. The summed E-state index contributed by atoms with van der Waals surface area (Å²) in [6.07, 6.45) is 1.21. The van der Waals surface area contributed by atoms with Crippen molar-refractivity contribution in [2.75, 3.05) is 13.7 Å². The summed E-state index contributed by atoms with van der Waals surface area (Å²) < 4.78 is 4.70. The van der Waals surface area contributed by atoms with Crippen LogP contribution in [0.1, 0.15) is 51.5 Å². The molecule has 28 heavy (non-hydrogen) atoms. The molecule has 2 amide bonds. The number of H-pyrrole nitrogens is 1. The average Bonchev–Trinajstić information content (AvgIpc) is 3.27. The van der Waals surface area contributed by atoms with Gasteiger partial charge in [-0.3, -0.25) is 4.79 Å². The van der Waals surface area contributed by atoms with Crippen molar-refractivity contribution in [1.82, 2.24) is 20.2 Å². The van der Waals surface area contributed by atoms with Gasteiger partial charge in [0.2, 0.25) is 5.91 Å². The van der Waals surface area contributed by atoms with Gasteiger partial charge in [0.1, 0.15) is 11.9 Å². The van der Waals surface area contributed by atoms with E-state index in [9.17, 15) is 9.59 Å². The van der Waals surface area contributed by atoms with E-state index >= 15 is 0 Å². The monoisotopic (exact) mass is 386 g/mol. The number of ether oxygens (including phenoxy) is 1. The van der Waals surface area contributed by atoms with Crippen LogP contribution >= 0.6 is 0 Å². The van der Waals surface area contributed by atoms with Crippen molar-refractivity contribution in [3.8, 4) is 0 Å². The molecule has 1 aliphatic rings. The first kappa shape index (κ1) is 20.2. The maximum absolute atomic E-state index is 13.3. The molecule has 152 valence electrons. The van der Waals surface area contributed by atoms with Gasteiger partial charge in [0, 0.05) is 6.54 Å². The van der Waals surface area contributed by atoms with Crippen molar-refractivity contribution in [3.63, 3.8) is 0 Å². The summed E-state index contributed by atoms with van der Waals surface area (Å²) in [7, 11) is 1.30. The third kappa shape index (κ3) is 3.98. The van der Waals surface area contributed by atoms with Gasteiger partial charge in [-0.25, -0.2) is 9.78 Å². The van der Waals surface area contributed by atoms with Crippen LogP contribution in [0.15, 0.2) is 18.2 Å². The quantitative estimate of drug-likeness (QED) is 0.824. The second-order valence-corrected chi connectivity index (χ2v) is 8.03. The number of aryl methyl sites for hydroxylation is 1. The molecule has 3 unspecified atom stereocenters. The van der Waals surface area contributed by atoms with Gasteiger partial charge in [0.25, 0.3) is 0 Å². The summed E-state index contributed by atoms with van der Waals surface area (Å²) in [6, 6.07) is 5.47. The van der Waals surface area contributed by atoms with Crippen molar-refractivity contribution in [3.05, 3.63) is 29.6 Å². The van der Waals surface area contributed by atoms with Crippen molar-refractivity contribution in [2.45, 2.75) is 52.6 Å². The molecule has 2 N–H and O–H groups in total. The maximum atomic E-state index is 13.3. The summed E-state index contributed by atoms with van der Waals surface area (Å²) in [4.78, 5) is 35.0. The predicted octanol–water partition coefficient (Wildman–Crippen LogP) is 3.42. The Balaban J connectivity index is 1.89. The van der Waals surface area contributed by atoms with Crippen molar-refractivity contribution >= 4 is 23.0 Å². The number of hydrogen-bond donors (Lipinski definition) is 2. The zero-order valence-corrected chi connectivity index (χ0v) is 17.3. The lowest BCUT2D eigenvalue weighted by Crippen LogP contribution is -2.51. The molecule has 1 aromatic carbocycles. The number of methoxy groups -OCH3 is 1. The number of carbonyl (C=O) groups is 2. The van der Waals surface area contributed by atoms with E-state index in [4.69, 9.17) is 9.72 Å². The lowest BCUT2D eigenvalue weighted by atomic mass is 10.0. The zero-order valence-electron chi connectivity index (χ0n) is 17.3. The van der Waals surface area contributed by atoms with E-state index in [1.807, 2.05) is 24.8 Å². The highest BCUT2D eigenvalue weighted by atomic mass is 16.5. The highest BCUT2D eigenvalue weighted by Crippen LogP contribution is 2.35. The number of fused-ring (bicyclic) bond motifs is 1. The van der Waals surface area contributed by atoms with E-state index in [0.29, 0.717) is 12.5 Å². The fourth-order valence-electron chi connectivity index (χ4n) is 3.88. The molecule has 0 saturated carbocycles. The van der Waals surface area contributed by atoms with E-state index in [-0.39, 0.29) is 17.9 Å². The minimum atomic E-state index is -0.628. The van der Waals surface area contributed by atoms with E-state index in [0.717, 1.165) is 29.7 Å². The first-order valence-electron chi connectivity index (χ1n) is 9.97. The number of aromatic nitrogens is 2. The summed E-state index contributed by atoms with van der Waals surface area (Å²) in [5.41, 5.74) is 3.15. The molecule has 2 heterocycles. The molecule has 3 rings (SSSR count). The lowest BCUT2D eigenvalue weighted by Gasteiger charge is -2.30. The van der Waals surface area contributed by atoms with Gasteiger partial charge >= 0.3 is 6.09 Å². The molecule has 1 fully saturated rings. The summed E-state index contributed by atoms with van der Waals surface area (Å²) in [5, 5.41) is 2.69. The summed E-state index contributed by atoms with van der Waals surface area (Å²) >= 11 is 0. The van der Waals surface area contributed by atoms with Crippen LogP contribution in [-0.4, -0.2) is 46.6 Å². The van der Waals surface area contributed by atoms with E-state index in [1.165, 1.54) is 12.7 Å². The van der Waals surface area contributed by atoms with Gasteiger partial charge in [-0.2, -0.15) is 0 Å². The highest BCUT2D eigenvalue weighted by Gasteiger charge is 2.40. The molecule has 1 aromatic heterocycles. The Kier molecular flexibility index (Phi) is 5.91. The Morgan fingerprint density at radius 3 is 2.79 bits per heavy atom. The Morgan fingerprint density at radius 1 is 1.39 bits per heavy atom. The second kappa shape index (κ2) is 8.20. The summed E-state index contributed by atoms with van der Waals surface area (Å²) in [6.45, 7) is 8.74. The second-order valence-electron chi connectivity index (χ2n) is 8.03. The zero-order chi connectivity index (χ0) is 20.4. The van der Waals surface area contributed by atoms with E-state index in [1.54, 1.807) is 0 Å². The lowest BCUT2D eigenvalue weighted by molar-refractivity contribution is -0.135. The topological polar surface area (TPSA) is 87.3 Å². The van der Waals surface area contributed by atoms with Gasteiger partial charge < -0.3 is 19.9 Å². The van der Waals surface area contributed by atoms with Gasteiger partial charge in [-0.1, -0.05) is 33.8 Å². The van der Waals surface area contributed by atoms with E-state index in [2.05, 4.69) is 36.3 Å². The molecule has 3 atom stereocenters. The largest absolute Gasteiger partial charge is 0.453 e. The number of aromatic amines is 1. The van der Waals surface area contributed by atoms with Gasteiger partial charge in [0.05, 0.1) is 24.2 Å². The van der Waals surface area contributed by atoms with Crippen LogP contribution in [0.3, 0.4) is 0 Å². The van der Waals surface area contributed by atoms with Gasteiger partial charge in [-0.05, 0) is 42.4 Å². The van der Waals surface area contributed by atoms with Crippen LogP contribution in [0.4, 0.5) is 4.79 Å². The molecule has 0 spiro atoms. The Morgan fingerprint density at radius 2 is 2.14 bits per heavy atom. The molecular weight excluding hydrogens is 356 g/mol. The molecule has 1 aliphatic heterocycles. The number of hydrogen-bond acceptors (Lipinski definition) is 4. The fourth-order valence-corrected chi connectivity index (χ4v) is 3.88. The number of carbonyl (C=O) groups excluding carboxylic acids is 2. The molecule has 7 heteroatoms. The number of imidazole rings is 1. The average molecular weight is 386 g/mol. The molecule has 0 bridgehead atoms.